The van der Waals surface area contributed by atoms with Crippen LogP contribution in [-0.2, 0) is 0 Å². The van der Waals surface area contributed by atoms with E-state index in [-0.39, 0.29) is 6.04 Å². The molecule has 1 unspecified atom stereocenters. The molecule has 1 aromatic carbocycles. The third-order valence-electron chi connectivity index (χ3n) is 2.92. The van der Waals surface area contributed by atoms with Crippen LogP contribution in [0.3, 0.4) is 0 Å². The molecule has 108 valence electrons. The molecule has 0 aliphatic carbocycles. The van der Waals surface area contributed by atoms with E-state index < -0.39 is 0 Å². The predicted octanol–water partition coefficient (Wildman–Crippen LogP) is 4.90. The smallest absolute Gasteiger partial charge is 0.169 e. The second-order valence-corrected chi connectivity index (χ2v) is 6.04. The molecule has 1 atom stereocenters. The van der Waals surface area contributed by atoms with Crippen molar-refractivity contribution >= 4 is 31.9 Å². The van der Waals surface area contributed by atoms with Crippen molar-refractivity contribution in [3.8, 4) is 5.75 Å². The van der Waals surface area contributed by atoms with Crippen LogP contribution in [0.5, 0.6) is 5.75 Å². The van der Waals surface area contributed by atoms with Gasteiger partial charge in [-0.25, -0.2) is 0 Å². The van der Waals surface area contributed by atoms with Crippen LogP contribution in [0.4, 0.5) is 0 Å². The van der Waals surface area contributed by atoms with Crippen LogP contribution in [-0.4, -0.2) is 13.7 Å². The summed E-state index contributed by atoms with van der Waals surface area (Å²) in [5.74, 6) is 1.74. The first-order valence-corrected chi connectivity index (χ1v) is 8.09. The van der Waals surface area contributed by atoms with Crippen molar-refractivity contribution in [1.29, 1.82) is 0 Å². The zero-order chi connectivity index (χ0) is 14.5. The monoisotopic (exact) mass is 401 g/mol. The molecule has 20 heavy (non-hydrogen) atoms. The zero-order valence-electron chi connectivity index (χ0n) is 11.5. The van der Waals surface area contributed by atoms with Crippen molar-refractivity contribution in [3.63, 3.8) is 0 Å². The second kappa shape index (κ2) is 7.29. The lowest BCUT2D eigenvalue weighted by Crippen LogP contribution is -2.17. The van der Waals surface area contributed by atoms with Gasteiger partial charge in [0, 0.05) is 0 Å². The lowest BCUT2D eigenvalue weighted by Gasteiger charge is -2.16. The maximum Gasteiger partial charge on any atom is 0.169 e. The van der Waals surface area contributed by atoms with Gasteiger partial charge in [0.2, 0.25) is 0 Å². The standard InChI is InChI=1S/C15H17Br2NO2/c1-3-8-19-12-5-4-10(9-11(12)16)15(18-2)13-6-7-14(17)20-13/h4-7,9,15,18H,3,8H2,1-2H3. The van der Waals surface area contributed by atoms with Gasteiger partial charge in [0.1, 0.15) is 11.5 Å². The van der Waals surface area contributed by atoms with Crippen LogP contribution >= 0.6 is 31.9 Å². The summed E-state index contributed by atoms with van der Waals surface area (Å²) in [6.07, 6.45) is 0.994. The van der Waals surface area contributed by atoms with E-state index in [1.807, 2.05) is 31.3 Å². The Kier molecular flexibility index (Phi) is 5.69. The minimum absolute atomic E-state index is 0.0119. The Morgan fingerprint density at radius 3 is 2.60 bits per heavy atom. The van der Waals surface area contributed by atoms with Crippen molar-refractivity contribution < 1.29 is 9.15 Å². The molecule has 0 aliphatic heterocycles. The highest BCUT2D eigenvalue weighted by molar-refractivity contribution is 9.10. The Hall–Kier alpha value is -0.780. The number of hydrogen-bond donors (Lipinski definition) is 1. The lowest BCUT2D eigenvalue weighted by molar-refractivity contribution is 0.315. The fourth-order valence-electron chi connectivity index (χ4n) is 1.98. The SMILES string of the molecule is CCCOc1ccc(C(NC)c2ccc(Br)o2)cc1Br. The second-order valence-electron chi connectivity index (χ2n) is 4.40. The van der Waals surface area contributed by atoms with Crippen molar-refractivity contribution in [1.82, 2.24) is 5.32 Å². The number of benzene rings is 1. The van der Waals surface area contributed by atoms with E-state index in [0.717, 1.165) is 39.2 Å². The molecular formula is C15H17Br2NO2. The third kappa shape index (κ3) is 3.65. The fraction of sp³-hybridized carbons (Fsp3) is 0.333. The van der Waals surface area contributed by atoms with Crippen LogP contribution in [0.15, 0.2) is 43.9 Å². The minimum atomic E-state index is 0.0119. The van der Waals surface area contributed by atoms with Crippen LogP contribution < -0.4 is 10.1 Å². The van der Waals surface area contributed by atoms with Gasteiger partial charge in [-0.1, -0.05) is 13.0 Å². The number of hydrogen-bond acceptors (Lipinski definition) is 3. The molecular weight excluding hydrogens is 386 g/mol. The highest BCUT2D eigenvalue weighted by atomic mass is 79.9. The molecule has 0 aliphatic rings. The van der Waals surface area contributed by atoms with Gasteiger partial charge in [0.15, 0.2) is 4.67 Å². The number of rotatable bonds is 6. The first-order chi connectivity index (χ1) is 9.65. The average Bonchev–Trinajstić information content (AvgIpc) is 2.85. The van der Waals surface area contributed by atoms with Gasteiger partial charge in [-0.05, 0) is 75.2 Å². The maximum absolute atomic E-state index is 5.67. The topological polar surface area (TPSA) is 34.4 Å². The number of halogens is 2. The first-order valence-electron chi connectivity index (χ1n) is 6.50. The highest BCUT2D eigenvalue weighted by Crippen LogP contribution is 2.32. The van der Waals surface area contributed by atoms with E-state index in [1.54, 1.807) is 0 Å². The van der Waals surface area contributed by atoms with Crippen LogP contribution in [0.2, 0.25) is 0 Å². The molecule has 0 fully saturated rings. The van der Waals surface area contributed by atoms with Crippen molar-refractivity contribution in [2.75, 3.05) is 13.7 Å². The summed E-state index contributed by atoms with van der Waals surface area (Å²) >= 11 is 6.89. The van der Waals surface area contributed by atoms with E-state index in [9.17, 15) is 0 Å². The van der Waals surface area contributed by atoms with E-state index in [0.29, 0.717) is 0 Å². The largest absolute Gasteiger partial charge is 0.492 e. The molecule has 5 heteroatoms. The Morgan fingerprint density at radius 2 is 2.05 bits per heavy atom. The van der Waals surface area contributed by atoms with Gasteiger partial charge in [-0.3, -0.25) is 0 Å². The number of furan rings is 1. The van der Waals surface area contributed by atoms with E-state index in [1.165, 1.54) is 0 Å². The predicted molar refractivity (Wildman–Crippen MR) is 87.2 cm³/mol. The molecule has 0 saturated carbocycles. The summed E-state index contributed by atoms with van der Waals surface area (Å²) < 4.78 is 13.0. The maximum atomic E-state index is 5.67. The molecule has 0 radical (unpaired) electrons. The lowest BCUT2D eigenvalue weighted by atomic mass is 10.0. The Bertz CT molecular complexity index is 569. The van der Waals surface area contributed by atoms with E-state index in [4.69, 9.17) is 9.15 Å². The molecule has 3 nitrogen and oxygen atoms in total. The average molecular weight is 403 g/mol. The van der Waals surface area contributed by atoms with E-state index in [2.05, 4.69) is 50.2 Å². The summed E-state index contributed by atoms with van der Waals surface area (Å²) in [7, 11) is 1.91. The molecule has 1 heterocycles. The van der Waals surface area contributed by atoms with Crippen LogP contribution in [0.25, 0.3) is 0 Å². The summed E-state index contributed by atoms with van der Waals surface area (Å²) in [6, 6.07) is 9.96. The van der Waals surface area contributed by atoms with E-state index >= 15 is 0 Å². The molecule has 2 rings (SSSR count). The Morgan fingerprint density at radius 1 is 1.25 bits per heavy atom. The van der Waals surface area contributed by atoms with Crippen LogP contribution in [0, 0.1) is 0 Å². The van der Waals surface area contributed by atoms with Crippen molar-refractivity contribution in [2.24, 2.45) is 0 Å². The molecule has 0 amide bonds. The minimum Gasteiger partial charge on any atom is -0.492 e. The summed E-state index contributed by atoms with van der Waals surface area (Å²) in [5, 5.41) is 3.26. The zero-order valence-corrected chi connectivity index (χ0v) is 14.6. The van der Waals surface area contributed by atoms with Gasteiger partial charge in [0.05, 0.1) is 17.1 Å². The normalized spacial score (nSPS) is 12.4. The van der Waals surface area contributed by atoms with Gasteiger partial charge in [0.25, 0.3) is 0 Å². The summed E-state index contributed by atoms with van der Waals surface area (Å²) in [4.78, 5) is 0. The Labute approximate surface area is 136 Å². The molecule has 0 spiro atoms. The highest BCUT2D eigenvalue weighted by Gasteiger charge is 2.17. The summed E-state index contributed by atoms with van der Waals surface area (Å²) in [6.45, 7) is 2.81. The molecule has 0 saturated heterocycles. The van der Waals surface area contributed by atoms with Crippen LogP contribution in [0.1, 0.15) is 30.7 Å². The van der Waals surface area contributed by atoms with Gasteiger partial charge in [-0.15, -0.1) is 0 Å². The van der Waals surface area contributed by atoms with Crippen molar-refractivity contribution in [2.45, 2.75) is 19.4 Å². The summed E-state index contributed by atoms with van der Waals surface area (Å²) in [5.41, 5.74) is 1.12. The number of nitrogens with one attached hydrogen (secondary N) is 1. The molecule has 1 aromatic heterocycles. The van der Waals surface area contributed by atoms with Gasteiger partial charge >= 0.3 is 0 Å². The molecule has 2 aromatic rings. The Balaban J connectivity index is 2.24. The third-order valence-corrected chi connectivity index (χ3v) is 3.96. The van der Waals surface area contributed by atoms with Gasteiger partial charge < -0.3 is 14.5 Å². The fourth-order valence-corrected chi connectivity index (χ4v) is 2.81. The number of ether oxygens (including phenoxy) is 1. The molecule has 0 bridgehead atoms. The quantitative estimate of drug-likeness (QED) is 0.745. The molecule has 1 N–H and O–H groups in total. The first kappa shape index (κ1) is 15.6. The van der Waals surface area contributed by atoms with Gasteiger partial charge in [-0.2, -0.15) is 0 Å². The van der Waals surface area contributed by atoms with Crippen molar-refractivity contribution in [3.05, 3.63) is 50.8 Å².